The van der Waals surface area contributed by atoms with E-state index in [-0.39, 0.29) is 0 Å². The van der Waals surface area contributed by atoms with Crippen LogP contribution < -0.4 is 10.1 Å². The molecule has 0 aliphatic carbocycles. The zero-order chi connectivity index (χ0) is 6.97. The first-order valence-electron chi connectivity index (χ1n) is 3.40. The molecule has 0 fully saturated rings. The Morgan fingerprint density at radius 1 is 1.70 bits per heavy atom. The number of ether oxygens (including phenoxy) is 1. The molecule has 1 N–H and O–H groups in total. The molecule has 0 bridgehead atoms. The highest BCUT2D eigenvalue weighted by atomic mass is 16.5. The van der Waals surface area contributed by atoms with Gasteiger partial charge in [0, 0.05) is 19.3 Å². The number of nitrogens with zero attached hydrogens (tertiary/aromatic N) is 1. The van der Waals surface area contributed by atoms with Crippen molar-refractivity contribution in [2.75, 3.05) is 18.5 Å². The Labute approximate surface area is 59.6 Å². The zero-order valence-corrected chi connectivity index (χ0v) is 5.92. The number of nitrogens with one attached hydrogen (secondary N) is 1. The molecule has 1 aliphatic heterocycles. The summed E-state index contributed by atoms with van der Waals surface area (Å²) in [5.74, 6) is 2.06. The second kappa shape index (κ2) is 1.94. The lowest BCUT2D eigenvalue weighted by atomic mass is 10.4. The molecule has 0 unspecified atom stereocenters. The molecular formula is C7H10N2O. The molecule has 0 amide bonds. The summed E-state index contributed by atoms with van der Waals surface area (Å²) in [6, 6.07) is 1.97. The first-order chi connectivity index (χ1) is 4.88. The third-order valence-corrected chi connectivity index (χ3v) is 1.69. The van der Waals surface area contributed by atoms with Crippen LogP contribution >= 0.6 is 0 Å². The third kappa shape index (κ3) is 0.667. The molecule has 10 heavy (non-hydrogen) atoms. The molecule has 0 radical (unpaired) electrons. The summed E-state index contributed by atoms with van der Waals surface area (Å²) in [6.07, 6.45) is 1.99. The Morgan fingerprint density at radius 2 is 2.60 bits per heavy atom. The molecular weight excluding hydrogens is 128 g/mol. The number of aryl methyl sites for hydroxylation is 1. The lowest BCUT2D eigenvalue weighted by Crippen LogP contribution is -2.18. The van der Waals surface area contributed by atoms with Gasteiger partial charge in [0.05, 0.1) is 6.54 Å². The highest BCUT2D eigenvalue weighted by molar-refractivity contribution is 5.53. The van der Waals surface area contributed by atoms with E-state index in [9.17, 15) is 0 Å². The highest BCUT2D eigenvalue weighted by Gasteiger charge is 2.11. The van der Waals surface area contributed by atoms with Gasteiger partial charge in [0.1, 0.15) is 12.4 Å². The van der Waals surface area contributed by atoms with Crippen molar-refractivity contribution >= 4 is 5.82 Å². The first-order valence-corrected chi connectivity index (χ1v) is 3.40. The van der Waals surface area contributed by atoms with E-state index in [1.54, 1.807) is 0 Å². The fraction of sp³-hybridized carbons (Fsp3) is 0.429. The molecule has 0 atom stereocenters. The smallest absolute Gasteiger partial charge is 0.161 e. The average molecular weight is 138 g/mol. The minimum atomic E-state index is 0.775. The van der Waals surface area contributed by atoms with Crippen LogP contribution in [0, 0.1) is 0 Å². The van der Waals surface area contributed by atoms with Gasteiger partial charge >= 0.3 is 0 Å². The quantitative estimate of drug-likeness (QED) is 0.574. The van der Waals surface area contributed by atoms with Crippen molar-refractivity contribution in [3.63, 3.8) is 0 Å². The monoisotopic (exact) mass is 138 g/mol. The van der Waals surface area contributed by atoms with Crippen LogP contribution in [0.4, 0.5) is 5.82 Å². The van der Waals surface area contributed by atoms with E-state index in [1.165, 1.54) is 0 Å². The molecule has 2 heterocycles. The third-order valence-electron chi connectivity index (χ3n) is 1.69. The molecule has 1 aliphatic rings. The van der Waals surface area contributed by atoms with Crippen molar-refractivity contribution in [2.45, 2.75) is 0 Å². The van der Waals surface area contributed by atoms with Gasteiger partial charge in [-0.15, -0.1) is 0 Å². The Morgan fingerprint density at radius 3 is 3.40 bits per heavy atom. The fourth-order valence-electron chi connectivity index (χ4n) is 1.17. The van der Waals surface area contributed by atoms with Gasteiger partial charge in [-0.2, -0.15) is 0 Å². The van der Waals surface area contributed by atoms with E-state index >= 15 is 0 Å². The van der Waals surface area contributed by atoms with E-state index in [2.05, 4.69) is 5.32 Å². The van der Waals surface area contributed by atoms with E-state index < -0.39 is 0 Å². The van der Waals surface area contributed by atoms with Crippen molar-refractivity contribution in [1.29, 1.82) is 0 Å². The molecule has 1 aromatic rings. The molecule has 0 aromatic carbocycles. The van der Waals surface area contributed by atoms with Gasteiger partial charge in [0.2, 0.25) is 0 Å². The van der Waals surface area contributed by atoms with Crippen LogP contribution in [-0.2, 0) is 7.05 Å². The normalized spacial score (nSPS) is 15.3. The summed E-state index contributed by atoms with van der Waals surface area (Å²) < 4.78 is 7.38. The first kappa shape index (κ1) is 5.65. The van der Waals surface area contributed by atoms with Gasteiger partial charge in [-0.05, 0) is 0 Å². The van der Waals surface area contributed by atoms with Crippen LogP contribution in [0.3, 0.4) is 0 Å². The minimum absolute atomic E-state index is 0.775. The summed E-state index contributed by atoms with van der Waals surface area (Å²) in [5, 5.41) is 3.25. The van der Waals surface area contributed by atoms with Crippen LogP contribution in [0.15, 0.2) is 12.3 Å². The van der Waals surface area contributed by atoms with Crippen LogP contribution in [0.5, 0.6) is 5.75 Å². The topological polar surface area (TPSA) is 26.2 Å². The van der Waals surface area contributed by atoms with Gasteiger partial charge in [0.25, 0.3) is 0 Å². The second-order valence-corrected chi connectivity index (χ2v) is 2.41. The number of rotatable bonds is 0. The molecule has 3 nitrogen and oxygen atoms in total. The van der Waals surface area contributed by atoms with Crippen molar-refractivity contribution < 1.29 is 4.74 Å². The SMILES string of the molecule is Cn1ccc2c1NCCO2. The van der Waals surface area contributed by atoms with Crippen molar-refractivity contribution in [3.05, 3.63) is 12.3 Å². The van der Waals surface area contributed by atoms with Crippen molar-refractivity contribution in [3.8, 4) is 5.75 Å². The summed E-state index contributed by atoms with van der Waals surface area (Å²) in [4.78, 5) is 0. The summed E-state index contributed by atoms with van der Waals surface area (Å²) in [6.45, 7) is 1.68. The van der Waals surface area contributed by atoms with Crippen LogP contribution in [0.25, 0.3) is 0 Å². The number of anilines is 1. The van der Waals surface area contributed by atoms with Gasteiger partial charge < -0.3 is 14.6 Å². The van der Waals surface area contributed by atoms with E-state index in [0.717, 1.165) is 24.7 Å². The molecule has 0 saturated carbocycles. The Bertz CT molecular complexity index is 242. The van der Waals surface area contributed by atoms with Gasteiger partial charge in [-0.3, -0.25) is 0 Å². The molecule has 1 aromatic heterocycles. The predicted octanol–water partition coefficient (Wildman–Crippen LogP) is 0.829. The summed E-state index contributed by atoms with van der Waals surface area (Å²) in [5.41, 5.74) is 0. The van der Waals surface area contributed by atoms with Crippen LogP contribution in [0.1, 0.15) is 0 Å². The standard InChI is InChI=1S/C7H10N2O/c1-9-4-2-6-7(9)8-3-5-10-6/h2,4,8H,3,5H2,1H3. The van der Waals surface area contributed by atoms with Gasteiger partial charge in [-0.25, -0.2) is 0 Å². The van der Waals surface area contributed by atoms with Gasteiger partial charge in [-0.1, -0.05) is 0 Å². The summed E-state index contributed by atoms with van der Waals surface area (Å²) in [7, 11) is 2.00. The maximum Gasteiger partial charge on any atom is 0.161 e. The molecule has 3 heteroatoms. The van der Waals surface area contributed by atoms with Crippen LogP contribution in [-0.4, -0.2) is 17.7 Å². The predicted molar refractivity (Wildman–Crippen MR) is 39.4 cm³/mol. The second-order valence-electron chi connectivity index (χ2n) is 2.41. The zero-order valence-electron chi connectivity index (χ0n) is 5.92. The van der Waals surface area contributed by atoms with Crippen LogP contribution in [0.2, 0.25) is 0 Å². The Balaban J connectivity index is 2.45. The molecule has 0 spiro atoms. The Kier molecular flexibility index (Phi) is 1.09. The highest BCUT2D eigenvalue weighted by Crippen LogP contribution is 2.26. The Hall–Kier alpha value is -1.12. The van der Waals surface area contributed by atoms with E-state index in [4.69, 9.17) is 4.74 Å². The fourth-order valence-corrected chi connectivity index (χ4v) is 1.17. The maximum atomic E-state index is 5.36. The van der Waals surface area contributed by atoms with Gasteiger partial charge in [0.15, 0.2) is 5.75 Å². The number of hydrogen-bond donors (Lipinski definition) is 1. The minimum Gasteiger partial charge on any atom is -0.488 e. The van der Waals surface area contributed by atoms with Crippen molar-refractivity contribution in [1.82, 2.24) is 4.57 Å². The molecule has 54 valence electrons. The molecule has 2 rings (SSSR count). The lowest BCUT2D eigenvalue weighted by molar-refractivity contribution is 0.322. The largest absolute Gasteiger partial charge is 0.488 e. The van der Waals surface area contributed by atoms with E-state index in [1.807, 2.05) is 23.9 Å². The molecule has 0 saturated heterocycles. The lowest BCUT2D eigenvalue weighted by Gasteiger charge is -2.16. The maximum absolute atomic E-state index is 5.36. The number of hydrogen-bond acceptors (Lipinski definition) is 2. The van der Waals surface area contributed by atoms with Crippen molar-refractivity contribution in [2.24, 2.45) is 7.05 Å². The number of aromatic nitrogens is 1. The summed E-state index contributed by atoms with van der Waals surface area (Å²) >= 11 is 0. The number of fused-ring (bicyclic) bond motifs is 1. The van der Waals surface area contributed by atoms with E-state index in [0.29, 0.717) is 0 Å². The average Bonchev–Trinajstić information content (AvgIpc) is 2.34.